The Morgan fingerprint density at radius 1 is 1.09 bits per heavy atom. The van der Waals surface area contributed by atoms with Gasteiger partial charge in [-0.05, 0) is 48.4 Å². The van der Waals surface area contributed by atoms with Gasteiger partial charge in [-0.15, -0.1) is 0 Å². The van der Waals surface area contributed by atoms with Crippen LogP contribution in [0.15, 0.2) is 67.1 Å². The van der Waals surface area contributed by atoms with Gasteiger partial charge in [0.25, 0.3) is 0 Å². The highest BCUT2D eigenvalue weighted by molar-refractivity contribution is 5.93. The van der Waals surface area contributed by atoms with Gasteiger partial charge in [-0.1, -0.05) is 18.2 Å². The minimum absolute atomic E-state index is 0.722. The number of aromatic amines is 2. The summed E-state index contributed by atoms with van der Waals surface area (Å²) < 4.78 is 0. The van der Waals surface area contributed by atoms with E-state index in [1.54, 1.807) is 12.5 Å². The number of carbonyl (C=O) groups is 1. The van der Waals surface area contributed by atoms with Gasteiger partial charge in [0, 0.05) is 41.1 Å². The van der Waals surface area contributed by atoms with E-state index < -0.39 is 0 Å². The summed E-state index contributed by atoms with van der Waals surface area (Å²) in [5.41, 5.74) is 6.70. The van der Waals surface area contributed by atoms with Crippen LogP contribution in [0.1, 0.15) is 22.5 Å². The van der Waals surface area contributed by atoms with E-state index in [1.165, 1.54) is 5.57 Å². The van der Waals surface area contributed by atoms with Crippen molar-refractivity contribution in [2.24, 2.45) is 0 Å². The molecule has 3 aromatic heterocycles. The van der Waals surface area contributed by atoms with Crippen LogP contribution in [0.4, 0.5) is 17.2 Å². The van der Waals surface area contributed by atoms with Crippen LogP contribution in [0, 0.1) is 0 Å². The normalized spacial score (nSPS) is 13.9. The van der Waals surface area contributed by atoms with E-state index in [9.17, 15) is 4.79 Å². The predicted molar refractivity (Wildman–Crippen MR) is 130 cm³/mol. The van der Waals surface area contributed by atoms with Crippen LogP contribution in [0.5, 0.6) is 0 Å². The molecular formula is C25H21N7O. The second-order valence-corrected chi connectivity index (χ2v) is 8.07. The number of aldehydes is 1. The number of carbonyl (C=O) groups excluding carboxylic acids is 1. The minimum atomic E-state index is 0.722. The first-order valence-corrected chi connectivity index (χ1v) is 10.8. The number of benzene rings is 2. The van der Waals surface area contributed by atoms with Crippen molar-refractivity contribution in [2.45, 2.75) is 6.42 Å². The van der Waals surface area contributed by atoms with Crippen molar-refractivity contribution in [1.82, 2.24) is 25.1 Å². The number of nitrogens with zero attached hydrogens (tertiary/aromatic N) is 4. The number of nitrogens with one attached hydrogen (secondary N) is 3. The first kappa shape index (κ1) is 19.2. The Labute approximate surface area is 189 Å². The third-order valence-electron chi connectivity index (χ3n) is 6.09. The van der Waals surface area contributed by atoms with Crippen LogP contribution >= 0.6 is 0 Å². The predicted octanol–water partition coefficient (Wildman–Crippen LogP) is 4.68. The lowest BCUT2D eigenvalue weighted by molar-refractivity contribution is 0.112. The molecule has 0 unspecified atom stereocenters. The largest absolute Gasteiger partial charge is 0.367 e. The van der Waals surface area contributed by atoms with E-state index >= 15 is 0 Å². The fourth-order valence-electron chi connectivity index (χ4n) is 4.38. The molecule has 33 heavy (non-hydrogen) atoms. The maximum atomic E-state index is 11.4. The van der Waals surface area contributed by atoms with Gasteiger partial charge in [-0.25, -0.2) is 9.97 Å². The molecule has 0 fully saturated rings. The van der Waals surface area contributed by atoms with Crippen molar-refractivity contribution in [3.05, 3.63) is 78.4 Å². The highest BCUT2D eigenvalue weighted by Gasteiger charge is 2.18. The van der Waals surface area contributed by atoms with Crippen LogP contribution in [-0.2, 0) is 0 Å². The van der Waals surface area contributed by atoms with E-state index in [2.05, 4.69) is 47.5 Å². The Morgan fingerprint density at radius 2 is 2.03 bits per heavy atom. The lowest BCUT2D eigenvalue weighted by Crippen LogP contribution is -2.29. The van der Waals surface area contributed by atoms with E-state index in [-0.39, 0.29) is 0 Å². The van der Waals surface area contributed by atoms with Crippen molar-refractivity contribution < 1.29 is 4.79 Å². The van der Waals surface area contributed by atoms with Crippen molar-refractivity contribution in [2.75, 3.05) is 23.3 Å². The highest BCUT2D eigenvalue weighted by atomic mass is 16.1. The van der Waals surface area contributed by atoms with Gasteiger partial charge in [0.15, 0.2) is 6.29 Å². The Bertz CT molecular complexity index is 1510. The molecule has 6 rings (SSSR count). The summed E-state index contributed by atoms with van der Waals surface area (Å²) in [7, 11) is 0. The van der Waals surface area contributed by atoms with E-state index in [0.29, 0.717) is 0 Å². The van der Waals surface area contributed by atoms with Crippen LogP contribution in [0.3, 0.4) is 0 Å². The zero-order chi connectivity index (χ0) is 22.2. The first-order chi connectivity index (χ1) is 16.3. The van der Waals surface area contributed by atoms with Gasteiger partial charge >= 0.3 is 0 Å². The summed E-state index contributed by atoms with van der Waals surface area (Å²) in [6.07, 6.45) is 7.37. The molecule has 1 aliphatic heterocycles. The van der Waals surface area contributed by atoms with Gasteiger partial charge in [-0.2, -0.15) is 5.10 Å². The molecule has 1 aliphatic rings. The van der Waals surface area contributed by atoms with Crippen LogP contribution in [0.25, 0.3) is 27.5 Å². The van der Waals surface area contributed by atoms with Crippen molar-refractivity contribution in [1.29, 1.82) is 0 Å². The number of hydrogen-bond acceptors (Lipinski definition) is 6. The van der Waals surface area contributed by atoms with E-state index in [1.807, 2.05) is 42.5 Å². The number of H-pyrrole nitrogens is 2. The Balaban J connectivity index is 1.27. The van der Waals surface area contributed by atoms with Gasteiger partial charge < -0.3 is 15.2 Å². The maximum absolute atomic E-state index is 11.4. The Hall–Kier alpha value is -4.46. The molecule has 4 heterocycles. The number of anilines is 3. The maximum Gasteiger partial charge on any atom is 0.152 e. The molecule has 2 aromatic carbocycles. The Morgan fingerprint density at radius 3 is 2.91 bits per heavy atom. The SMILES string of the molecule is O=Cc1ccccc1N1CC=C(c2cc3c(Nc4ccc5[nH]ncc5c4)ncnc3[nH]2)CC1. The van der Waals surface area contributed by atoms with Crippen molar-refractivity contribution >= 4 is 51.0 Å². The average molecular weight is 435 g/mol. The summed E-state index contributed by atoms with van der Waals surface area (Å²) in [5, 5.41) is 12.4. The van der Waals surface area contributed by atoms with Gasteiger partial charge in [0.2, 0.25) is 0 Å². The third-order valence-corrected chi connectivity index (χ3v) is 6.09. The fourth-order valence-corrected chi connectivity index (χ4v) is 4.38. The molecule has 0 saturated carbocycles. The van der Waals surface area contributed by atoms with E-state index in [4.69, 9.17) is 0 Å². The molecule has 8 heteroatoms. The second kappa shape index (κ2) is 7.90. The summed E-state index contributed by atoms with van der Waals surface area (Å²) in [5.74, 6) is 0.753. The molecule has 5 aromatic rings. The molecule has 0 bridgehead atoms. The fraction of sp³-hybridized carbons (Fsp3) is 0.120. The summed E-state index contributed by atoms with van der Waals surface area (Å²) in [6.45, 7) is 1.59. The highest BCUT2D eigenvalue weighted by Crippen LogP contribution is 2.31. The molecule has 0 atom stereocenters. The number of fused-ring (bicyclic) bond motifs is 2. The average Bonchev–Trinajstić information content (AvgIpc) is 3.51. The lowest BCUT2D eigenvalue weighted by Gasteiger charge is -2.29. The number of rotatable bonds is 5. The summed E-state index contributed by atoms with van der Waals surface area (Å²) >= 11 is 0. The lowest BCUT2D eigenvalue weighted by atomic mass is 10.0. The van der Waals surface area contributed by atoms with Crippen LogP contribution < -0.4 is 10.2 Å². The monoisotopic (exact) mass is 435 g/mol. The van der Waals surface area contributed by atoms with Crippen molar-refractivity contribution in [3.8, 4) is 0 Å². The van der Waals surface area contributed by atoms with Crippen molar-refractivity contribution in [3.63, 3.8) is 0 Å². The molecular weight excluding hydrogens is 414 g/mol. The standard InChI is InChI=1S/C25H21N7O/c33-14-17-3-1-2-4-23(17)32-9-7-16(8-10-32)22-12-20-24(26-15-27-25(20)30-22)29-19-5-6-21-18(11-19)13-28-31-21/h1-7,11-15H,8-10H2,(H,28,31)(H2,26,27,29,30). The van der Waals surface area contributed by atoms with Gasteiger partial charge in [0.05, 0.1) is 17.1 Å². The molecule has 0 spiro atoms. The zero-order valence-electron chi connectivity index (χ0n) is 17.7. The molecule has 0 amide bonds. The number of aromatic nitrogens is 5. The molecule has 8 nitrogen and oxygen atoms in total. The van der Waals surface area contributed by atoms with Gasteiger partial charge in [0.1, 0.15) is 17.8 Å². The number of hydrogen-bond donors (Lipinski definition) is 3. The molecule has 3 N–H and O–H groups in total. The number of para-hydroxylation sites is 1. The zero-order valence-corrected chi connectivity index (χ0v) is 17.7. The molecule has 0 radical (unpaired) electrons. The molecule has 0 saturated heterocycles. The van der Waals surface area contributed by atoms with Crippen LogP contribution in [-0.4, -0.2) is 44.5 Å². The third kappa shape index (κ3) is 3.51. The Kier molecular flexibility index (Phi) is 4.61. The minimum Gasteiger partial charge on any atom is -0.367 e. The smallest absolute Gasteiger partial charge is 0.152 e. The summed E-state index contributed by atoms with van der Waals surface area (Å²) in [4.78, 5) is 26.0. The van der Waals surface area contributed by atoms with Crippen LogP contribution in [0.2, 0.25) is 0 Å². The van der Waals surface area contributed by atoms with E-state index in [0.717, 1.165) is 76.2 Å². The molecule has 0 aliphatic carbocycles. The van der Waals surface area contributed by atoms with Gasteiger partial charge in [-0.3, -0.25) is 9.89 Å². The summed E-state index contributed by atoms with van der Waals surface area (Å²) in [6, 6.07) is 15.9. The topological polar surface area (TPSA) is 103 Å². The quantitative estimate of drug-likeness (QED) is 0.346. The second-order valence-electron chi connectivity index (χ2n) is 8.07. The molecule has 162 valence electrons. The first-order valence-electron chi connectivity index (χ1n) is 10.8.